The van der Waals surface area contributed by atoms with Crippen LogP contribution in [0.2, 0.25) is 0 Å². The predicted octanol–water partition coefficient (Wildman–Crippen LogP) is 1.71. The molecule has 0 heterocycles. The number of hydrogen-bond acceptors (Lipinski definition) is 2. The van der Waals surface area contributed by atoms with Crippen LogP contribution in [-0.2, 0) is 4.74 Å². The van der Waals surface area contributed by atoms with Crippen LogP contribution < -0.4 is 5.73 Å². The Labute approximate surface area is 80.4 Å². The van der Waals surface area contributed by atoms with Gasteiger partial charge in [0, 0.05) is 0 Å². The second-order valence-corrected chi connectivity index (χ2v) is 3.65. The number of aliphatic imine (C=N–C) groups is 1. The van der Waals surface area contributed by atoms with Gasteiger partial charge in [-0.05, 0) is 19.8 Å². The zero-order valence-corrected chi connectivity index (χ0v) is 8.46. The Hall–Kier alpha value is -0.570. The molecular formula is C10H20N2O. The van der Waals surface area contributed by atoms with Crippen LogP contribution in [0.4, 0.5) is 0 Å². The number of hydrogen-bond donors (Lipinski definition) is 1. The number of amidine groups is 1. The van der Waals surface area contributed by atoms with Crippen LogP contribution in [0.25, 0.3) is 0 Å². The van der Waals surface area contributed by atoms with Gasteiger partial charge in [-0.25, -0.2) is 0 Å². The average molecular weight is 184 g/mol. The van der Waals surface area contributed by atoms with Gasteiger partial charge in [-0.15, -0.1) is 0 Å². The molecule has 1 aliphatic rings. The van der Waals surface area contributed by atoms with Crippen LogP contribution in [0, 0.1) is 0 Å². The summed E-state index contributed by atoms with van der Waals surface area (Å²) in [7, 11) is 0. The van der Waals surface area contributed by atoms with E-state index < -0.39 is 0 Å². The molecule has 1 rings (SSSR count). The van der Waals surface area contributed by atoms with Crippen molar-refractivity contribution in [1.29, 1.82) is 0 Å². The summed E-state index contributed by atoms with van der Waals surface area (Å²) in [5.74, 6) is 0.646. The predicted molar refractivity (Wildman–Crippen MR) is 55.0 cm³/mol. The topological polar surface area (TPSA) is 47.6 Å². The molecule has 3 heteroatoms. The van der Waals surface area contributed by atoms with Gasteiger partial charge in [0.15, 0.2) is 0 Å². The largest absolute Gasteiger partial charge is 0.388 e. The molecule has 0 spiro atoms. The fourth-order valence-corrected chi connectivity index (χ4v) is 1.67. The maximum atomic E-state index is 5.67. The van der Waals surface area contributed by atoms with Crippen molar-refractivity contribution < 1.29 is 4.74 Å². The van der Waals surface area contributed by atoms with Crippen molar-refractivity contribution in [2.24, 2.45) is 10.7 Å². The number of nitrogens with zero attached hydrogens (tertiary/aromatic N) is 1. The van der Waals surface area contributed by atoms with Gasteiger partial charge in [0.25, 0.3) is 0 Å². The lowest BCUT2D eigenvalue weighted by Crippen LogP contribution is -2.18. The molecule has 0 saturated heterocycles. The minimum atomic E-state index is 0.488. The molecule has 1 aliphatic carbocycles. The highest BCUT2D eigenvalue weighted by Crippen LogP contribution is 2.19. The molecule has 0 aromatic carbocycles. The molecule has 0 aromatic heterocycles. The summed E-state index contributed by atoms with van der Waals surface area (Å²) in [6.07, 6.45) is 6.96. The van der Waals surface area contributed by atoms with Crippen molar-refractivity contribution in [3.8, 4) is 0 Å². The van der Waals surface area contributed by atoms with Gasteiger partial charge in [-0.2, -0.15) is 0 Å². The Bertz CT molecular complexity index is 158. The third-order valence-corrected chi connectivity index (χ3v) is 2.36. The van der Waals surface area contributed by atoms with E-state index in [-0.39, 0.29) is 0 Å². The molecule has 3 nitrogen and oxygen atoms in total. The Morgan fingerprint density at radius 2 is 2.08 bits per heavy atom. The summed E-state index contributed by atoms with van der Waals surface area (Å²) in [5, 5.41) is 0. The minimum absolute atomic E-state index is 0.488. The van der Waals surface area contributed by atoms with Gasteiger partial charge in [-0.3, -0.25) is 4.99 Å². The van der Waals surface area contributed by atoms with Gasteiger partial charge in [0.1, 0.15) is 0 Å². The van der Waals surface area contributed by atoms with E-state index >= 15 is 0 Å². The summed E-state index contributed by atoms with van der Waals surface area (Å²) in [6, 6.07) is 0. The van der Waals surface area contributed by atoms with E-state index in [1.165, 1.54) is 32.1 Å². The molecule has 0 radical (unpaired) electrons. The monoisotopic (exact) mass is 184 g/mol. The fraction of sp³-hybridized carbons (Fsp3) is 0.900. The highest BCUT2D eigenvalue weighted by atomic mass is 16.5. The quantitative estimate of drug-likeness (QED) is 0.411. The molecule has 0 bridgehead atoms. The van der Waals surface area contributed by atoms with E-state index in [0.717, 1.165) is 6.61 Å². The summed E-state index contributed by atoms with van der Waals surface area (Å²) in [5.41, 5.74) is 5.41. The smallest absolute Gasteiger partial charge is 0.0906 e. The summed E-state index contributed by atoms with van der Waals surface area (Å²) < 4.78 is 5.67. The van der Waals surface area contributed by atoms with Gasteiger partial charge in [-0.1, -0.05) is 19.3 Å². The summed E-state index contributed by atoms with van der Waals surface area (Å²) >= 11 is 0. The number of nitrogens with two attached hydrogens (primary N) is 1. The van der Waals surface area contributed by atoms with Crippen LogP contribution in [0.1, 0.15) is 39.0 Å². The van der Waals surface area contributed by atoms with Crippen molar-refractivity contribution in [2.45, 2.75) is 45.1 Å². The Kier molecular flexibility index (Phi) is 4.83. The van der Waals surface area contributed by atoms with Crippen LogP contribution in [-0.4, -0.2) is 25.1 Å². The van der Waals surface area contributed by atoms with E-state index in [1.54, 1.807) is 6.92 Å². The maximum absolute atomic E-state index is 5.67. The van der Waals surface area contributed by atoms with Crippen molar-refractivity contribution in [2.75, 3.05) is 13.2 Å². The molecule has 2 N–H and O–H groups in total. The van der Waals surface area contributed by atoms with Crippen molar-refractivity contribution in [1.82, 2.24) is 0 Å². The van der Waals surface area contributed by atoms with E-state index in [0.29, 0.717) is 18.5 Å². The first kappa shape index (κ1) is 10.5. The Balaban J connectivity index is 2.01. The van der Waals surface area contributed by atoms with E-state index in [4.69, 9.17) is 10.5 Å². The third kappa shape index (κ3) is 4.88. The first-order valence-electron chi connectivity index (χ1n) is 5.17. The zero-order valence-electron chi connectivity index (χ0n) is 8.46. The number of rotatable bonds is 4. The van der Waals surface area contributed by atoms with E-state index in [1.807, 2.05) is 0 Å². The van der Waals surface area contributed by atoms with Gasteiger partial charge in [0.05, 0.1) is 25.1 Å². The van der Waals surface area contributed by atoms with Crippen molar-refractivity contribution >= 4 is 5.84 Å². The normalized spacial score (nSPS) is 20.5. The van der Waals surface area contributed by atoms with Crippen LogP contribution in [0.15, 0.2) is 4.99 Å². The lowest BCUT2D eigenvalue weighted by molar-refractivity contribution is 0.0335. The Morgan fingerprint density at radius 1 is 1.38 bits per heavy atom. The molecule has 13 heavy (non-hydrogen) atoms. The molecule has 0 unspecified atom stereocenters. The molecule has 1 fully saturated rings. The summed E-state index contributed by atoms with van der Waals surface area (Å²) in [6.45, 7) is 3.23. The van der Waals surface area contributed by atoms with Crippen molar-refractivity contribution in [3.63, 3.8) is 0 Å². The molecule has 0 aromatic rings. The highest BCUT2D eigenvalue weighted by molar-refractivity contribution is 5.77. The second-order valence-electron chi connectivity index (χ2n) is 3.65. The van der Waals surface area contributed by atoms with E-state index in [2.05, 4.69) is 4.99 Å². The third-order valence-electron chi connectivity index (χ3n) is 2.36. The van der Waals surface area contributed by atoms with Gasteiger partial charge < -0.3 is 10.5 Å². The first-order chi connectivity index (χ1) is 6.29. The second kappa shape index (κ2) is 5.97. The first-order valence-corrected chi connectivity index (χ1v) is 5.17. The van der Waals surface area contributed by atoms with Crippen LogP contribution >= 0.6 is 0 Å². The molecule has 1 saturated carbocycles. The zero-order chi connectivity index (χ0) is 9.52. The van der Waals surface area contributed by atoms with E-state index in [9.17, 15) is 0 Å². The van der Waals surface area contributed by atoms with Crippen LogP contribution in [0.5, 0.6) is 0 Å². The minimum Gasteiger partial charge on any atom is -0.388 e. The average Bonchev–Trinajstić information content (AvgIpc) is 2.14. The molecular weight excluding hydrogens is 164 g/mol. The van der Waals surface area contributed by atoms with Crippen molar-refractivity contribution in [3.05, 3.63) is 0 Å². The van der Waals surface area contributed by atoms with Gasteiger partial charge in [0.2, 0.25) is 0 Å². The van der Waals surface area contributed by atoms with Crippen LogP contribution in [0.3, 0.4) is 0 Å². The lowest BCUT2D eigenvalue weighted by atomic mass is 9.98. The molecule has 0 amide bonds. The summed E-state index contributed by atoms with van der Waals surface area (Å²) in [4.78, 5) is 4.08. The highest BCUT2D eigenvalue weighted by Gasteiger charge is 2.12. The number of ether oxygens (including phenoxy) is 1. The maximum Gasteiger partial charge on any atom is 0.0906 e. The molecule has 0 atom stereocenters. The SMILES string of the molecule is CC(N)=NCCOC1CCCCC1. The van der Waals surface area contributed by atoms with Gasteiger partial charge >= 0.3 is 0 Å². The fourth-order valence-electron chi connectivity index (χ4n) is 1.67. The lowest BCUT2D eigenvalue weighted by Gasteiger charge is -2.21. The standard InChI is InChI=1S/C10H20N2O/c1-9(11)12-7-8-13-10-5-3-2-4-6-10/h10H,2-8H2,1H3,(H2,11,12). The molecule has 76 valence electrons. The molecule has 0 aliphatic heterocycles. The Morgan fingerprint density at radius 3 is 2.69 bits per heavy atom.